The van der Waals surface area contributed by atoms with Crippen molar-refractivity contribution < 1.29 is 8.78 Å². The van der Waals surface area contributed by atoms with Crippen molar-refractivity contribution in [2.45, 2.75) is 25.2 Å². The van der Waals surface area contributed by atoms with Gasteiger partial charge in [-0.05, 0) is 25.9 Å². The molecule has 1 aromatic rings. The Hall–Kier alpha value is -0.550. The molecule has 0 spiro atoms. The summed E-state index contributed by atoms with van der Waals surface area (Å²) in [6.45, 7) is 1.93. The SMILES string of the molecule is FC(F)c1csc(C2CCNCC2)n1. The highest BCUT2D eigenvalue weighted by atomic mass is 32.1. The van der Waals surface area contributed by atoms with Crippen LogP contribution in [0.4, 0.5) is 8.78 Å². The predicted octanol–water partition coefficient (Wildman–Crippen LogP) is 2.55. The van der Waals surface area contributed by atoms with E-state index >= 15 is 0 Å². The molecular weight excluding hydrogens is 206 g/mol. The molecule has 0 unspecified atom stereocenters. The smallest absolute Gasteiger partial charge is 0.281 e. The average molecular weight is 218 g/mol. The van der Waals surface area contributed by atoms with Crippen LogP contribution in [0.3, 0.4) is 0 Å². The summed E-state index contributed by atoms with van der Waals surface area (Å²) in [6, 6.07) is 0. The third-order valence-electron chi connectivity index (χ3n) is 2.45. The van der Waals surface area contributed by atoms with Gasteiger partial charge < -0.3 is 5.32 Å². The van der Waals surface area contributed by atoms with Gasteiger partial charge in [-0.3, -0.25) is 0 Å². The number of thiazole rings is 1. The number of rotatable bonds is 2. The molecule has 0 saturated carbocycles. The Kier molecular flexibility index (Phi) is 3.08. The lowest BCUT2D eigenvalue weighted by Crippen LogP contribution is -2.26. The van der Waals surface area contributed by atoms with E-state index in [1.54, 1.807) is 0 Å². The van der Waals surface area contributed by atoms with Crippen LogP contribution in [-0.4, -0.2) is 18.1 Å². The lowest BCUT2D eigenvalue weighted by Gasteiger charge is -2.20. The minimum atomic E-state index is -2.43. The van der Waals surface area contributed by atoms with Crippen molar-refractivity contribution in [1.29, 1.82) is 0 Å². The van der Waals surface area contributed by atoms with Gasteiger partial charge in [-0.15, -0.1) is 11.3 Å². The van der Waals surface area contributed by atoms with E-state index in [0.29, 0.717) is 5.92 Å². The van der Waals surface area contributed by atoms with Gasteiger partial charge in [-0.25, -0.2) is 13.8 Å². The molecule has 14 heavy (non-hydrogen) atoms. The monoisotopic (exact) mass is 218 g/mol. The zero-order valence-electron chi connectivity index (χ0n) is 7.67. The first-order valence-corrected chi connectivity index (χ1v) is 5.59. The van der Waals surface area contributed by atoms with Gasteiger partial charge in [-0.2, -0.15) is 0 Å². The maximum absolute atomic E-state index is 12.3. The summed E-state index contributed by atoms with van der Waals surface area (Å²) in [7, 11) is 0. The fourth-order valence-corrected chi connectivity index (χ4v) is 2.64. The summed E-state index contributed by atoms with van der Waals surface area (Å²) < 4.78 is 24.6. The van der Waals surface area contributed by atoms with Crippen LogP contribution in [-0.2, 0) is 0 Å². The normalized spacial score (nSPS) is 19.1. The second-order valence-electron chi connectivity index (χ2n) is 3.44. The molecule has 1 saturated heterocycles. The second kappa shape index (κ2) is 4.31. The molecule has 0 atom stereocenters. The van der Waals surface area contributed by atoms with Gasteiger partial charge >= 0.3 is 0 Å². The average Bonchev–Trinajstić information content (AvgIpc) is 2.68. The number of nitrogens with zero attached hydrogens (tertiary/aromatic N) is 1. The molecule has 1 aliphatic rings. The molecule has 0 radical (unpaired) electrons. The maximum atomic E-state index is 12.3. The Balaban J connectivity index is 2.07. The topological polar surface area (TPSA) is 24.9 Å². The van der Waals surface area contributed by atoms with Crippen molar-refractivity contribution in [3.05, 3.63) is 16.1 Å². The Bertz CT molecular complexity index is 295. The van der Waals surface area contributed by atoms with Gasteiger partial charge in [0.2, 0.25) is 0 Å². The zero-order chi connectivity index (χ0) is 9.97. The Labute approximate surface area is 85.4 Å². The minimum absolute atomic E-state index is 0.0662. The van der Waals surface area contributed by atoms with Crippen LogP contribution in [0, 0.1) is 0 Å². The van der Waals surface area contributed by atoms with Crippen molar-refractivity contribution in [2.24, 2.45) is 0 Å². The number of halogens is 2. The zero-order valence-corrected chi connectivity index (χ0v) is 8.49. The number of hydrogen-bond acceptors (Lipinski definition) is 3. The summed E-state index contributed by atoms with van der Waals surface area (Å²) in [5.74, 6) is 0.383. The molecule has 0 bridgehead atoms. The van der Waals surface area contributed by atoms with E-state index in [2.05, 4.69) is 10.3 Å². The van der Waals surface area contributed by atoms with Crippen molar-refractivity contribution in [3.63, 3.8) is 0 Å². The first kappa shape index (κ1) is 9.98. The van der Waals surface area contributed by atoms with Crippen LogP contribution in [0.15, 0.2) is 5.38 Å². The summed E-state index contributed by atoms with van der Waals surface area (Å²) in [5.41, 5.74) is -0.0662. The molecule has 1 N–H and O–H groups in total. The molecule has 2 rings (SSSR count). The molecule has 2 heterocycles. The molecule has 1 aromatic heterocycles. The second-order valence-corrected chi connectivity index (χ2v) is 4.33. The standard InChI is InChI=1S/C9H12F2N2S/c10-8(11)7-5-14-9(13-7)6-1-3-12-4-2-6/h5-6,8,12H,1-4H2. The van der Waals surface area contributed by atoms with Gasteiger partial charge in [0.05, 0.1) is 5.01 Å². The van der Waals surface area contributed by atoms with Gasteiger partial charge in [0.25, 0.3) is 6.43 Å². The van der Waals surface area contributed by atoms with Crippen LogP contribution in [0.2, 0.25) is 0 Å². The summed E-state index contributed by atoms with van der Waals surface area (Å²) in [5, 5.41) is 5.59. The van der Waals surface area contributed by atoms with Gasteiger partial charge in [0.1, 0.15) is 5.69 Å². The Morgan fingerprint density at radius 1 is 1.43 bits per heavy atom. The van der Waals surface area contributed by atoms with E-state index in [4.69, 9.17) is 0 Å². The first-order valence-electron chi connectivity index (χ1n) is 4.71. The fourth-order valence-electron chi connectivity index (χ4n) is 1.66. The third kappa shape index (κ3) is 2.09. The van der Waals surface area contributed by atoms with Crippen LogP contribution in [0.25, 0.3) is 0 Å². The van der Waals surface area contributed by atoms with Crippen LogP contribution in [0.5, 0.6) is 0 Å². The highest BCUT2D eigenvalue weighted by Gasteiger charge is 2.20. The van der Waals surface area contributed by atoms with Gasteiger partial charge in [0, 0.05) is 11.3 Å². The lowest BCUT2D eigenvalue weighted by molar-refractivity contribution is 0.146. The van der Waals surface area contributed by atoms with Crippen LogP contribution >= 0.6 is 11.3 Å². The molecule has 5 heteroatoms. The van der Waals surface area contributed by atoms with Crippen molar-refractivity contribution in [2.75, 3.05) is 13.1 Å². The first-order chi connectivity index (χ1) is 6.77. The van der Waals surface area contributed by atoms with Gasteiger partial charge in [-0.1, -0.05) is 0 Å². The summed E-state index contributed by atoms with van der Waals surface area (Å²) >= 11 is 1.37. The molecule has 78 valence electrons. The summed E-state index contributed by atoms with van der Waals surface area (Å²) in [6.07, 6.45) is -0.409. The third-order valence-corrected chi connectivity index (χ3v) is 3.48. The highest BCUT2D eigenvalue weighted by molar-refractivity contribution is 7.09. The van der Waals surface area contributed by atoms with Crippen molar-refractivity contribution in [3.8, 4) is 0 Å². The number of alkyl halides is 2. The van der Waals surface area contributed by atoms with E-state index in [9.17, 15) is 8.78 Å². The highest BCUT2D eigenvalue weighted by Crippen LogP contribution is 2.30. The number of aromatic nitrogens is 1. The number of nitrogens with one attached hydrogen (secondary N) is 1. The minimum Gasteiger partial charge on any atom is -0.317 e. The molecule has 0 aliphatic carbocycles. The molecule has 2 nitrogen and oxygen atoms in total. The number of piperidine rings is 1. The van der Waals surface area contributed by atoms with Crippen LogP contribution in [0.1, 0.15) is 35.9 Å². The molecule has 0 aromatic carbocycles. The Morgan fingerprint density at radius 3 is 2.71 bits per heavy atom. The van der Waals surface area contributed by atoms with Crippen LogP contribution < -0.4 is 5.32 Å². The number of hydrogen-bond donors (Lipinski definition) is 1. The predicted molar refractivity (Wildman–Crippen MR) is 51.9 cm³/mol. The fraction of sp³-hybridized carbons (Fsp3) is 0.667. The van der Waals surface area contributed by atoms with Gasteiger partial charge in [0.15, 0.2) is 0 Å². The molecular formula is C9H12F2N2S. The largest absolute Gasteiger partial charge is 0.317 e. The summed E-state index contributed by atoms with van der Waals surface area (Å²) in [4.78, 5) is 3.97. The van der Waals surface area contributed by atoms with Crippen molar-refractivity contribution in [1.82, 2.24) is 10.3 Å². The van der Waals surface area contributed by atoms with Crippen molar-refractivity contribution >= 4 is 11.3 Å². The Morgan fingerprint density at radius 2 is 2.14 bits per heavy atom. The van der Waals surface area contributed by atoms with E-state index in [1.165, 1.54) is 16.7 Å². The quantitative estimate of drug-likeness (QED) is 0.825. The molecule has 1 aliphatic heterocycles. The van der Waals surface area contributed by atoms with E-state index in [1.807, 2.05) is 0 Å². The molecule has 0 amide bonds. The van der Waals surface area contributed by atoms with E-state index in [-0.39, 0.29) is 5.69 Å². The van der Waals surface area contributed by atoms with E-state index < -0.39 is 6.43 Å². The molecule has 1 fully saturated rings. The lowest BCUT2D eigenvalue weighted by atomic mass is 9.99. The van der Waals surface area contributed by atoms with E-state index in [0.717, 1.165) is 30.9 Å². The maximum Gasteiger partial charge on any atom is 0.281 e.